The highest BCUT2D eigenvalue weighted by Gasteiger charge is 2.23. The van der Waals surface area contributed by atoms with Crippen molar-refractivity contribution in [2.45, 2.75) is 26.4 Å². The molecule has 110 valence electrons. The summed E-state index contributed by atoms with van der Waals surface area (Å²) in [7, 11) is 0. The van der Waals surface area contributed by atoms with Crippen LogP contribution in [0.4, 0.5) is 5.69 Å². The van der Waals surface area contributed by atoms with E-state index in [1.54, 1.807) is 20.8 Å². The van der Waals surface area contributed by atoms with Gasteiger partial charge in [-0.05, 0) is 26.8 Å². The molecule has 0 atom stereocenters. The van der Waals surface area contributed by atoms with Gasteiger partial charge in [0.25, 0.3) is 11.6 Å². The summed E-state index contributed by atoms with van der Waals surface area (Å²) in [5.41, 5.74) is -0.955. The molecule has 0 unspecified atom stereocenters. The monoisotopic (exact) mass is 344 g/mol. The Bertz CT molecular complexity index is 526. The number of nitro benzene ring substituents is 1. The van der Waals surface area contributed by atoms with Crippen LogP contribution >= 0.6 is 15.9 Å². The lowest BCUT2D eigenvalue weighted by Crippen LogP contribution is -2.42. The summed E-state index contributed by atoms with van der Waals surface area (Å²) in [6, 6.07) is 4.10. The Morgan fingerprint density at radius 3 is 2.50 bits per heavy atom. The number of hydrogen-bond acceptors (Lipinski definition) is 4. The molecule has 0 saturated heterocycles. The van der Waals surface area contributed by atoms with Crippen LogP contribution in [-0.2, 0) is 0 Å². The van der Waals surface area contributed by atoms with Gasteiger partial charge in [-0.25, -0.2) is 0 Å². The van der Waals surface area contributed by atoms with Crippen molar-refractivity contribution in [2.75, 3.05) is 13.1 Å². The first-order chi connectivity index (χ1) is 9.14. The molecule has 0 aliphatic rings. The molecule has 1 aromatic carbocycles. The molecule has 7 heteroatoms. The number of likely N-dealkylation sites (N-methyl/N-ethyl adjacent to an activating group) is 1. The number of nitrogens with zero attached hydrogens (tertiary/aromatic N) is 2. The third-order valence-corrected chi connectivity index (χ3v) is 3.04. The summed E-state index contributed by atoms with van der Waals surface area (Å²) < 4.78 is 0.467. The van der Waals surface area contributed by atoms with E-state index in [1.807, 2.05) is 0 Å². The molecule has 0 bridgehead atoms. The summed E-state index contributed by atoms with van der Waals surface area (Å²) in [6.45, 7) is 5.56. The van der Waals surface area contributed by atoms with Crippen molar-refractivity contribution in [3.05, 3.63) is 38.3 Å². The van der Waals surface area contributed by atoms with E-state index in [2.05, 4.69) is 15.9 Å². The number of amides is 1. The first kappa shape index (κ1) is 16.6. The molecule has 0 saturated carbocycles. The van der Waals surface area contributed by atoms with Gasteiger partial charge in [0.15, 0.2) is 0 Å². The van der Waals surface area contributed by atoms with Gasteiger partial charge in [0, 0.05) is 35.3 Å². The highest BCUT2D eigenvalue weighted by molar-refractivity contribution is 9.10. The molecule has 1 amide bonds. The predicted octanol–water partition coefficient (Wildman–Crippen LogP) is 2.59. The molecule has 1 rings (SSSR count). The predicted molar refractivity (Wildman–Crippen MR) is 78.7 cm³/mol. The number of hydrogen-bond donors (Lipinski definition) is 1. The second kappa shape index (κ2) is 6.32. The Kier molecular flexibility index (Phi) is 5.24. The molecular weight excluding hydrogens is 328 g/mol. The minimum Gasteiger partial charge on any atom is -0.389 e. The zero-order valence-corrected chi connectivity index (χ0v) is 13.2. The lowest BCUT2D eigenvalue weighted by molar-refractivity contribution is -0.385. The van der Waals surface area contributed by atoms with Crippen LogP contribution < -0.4 is 0 Å². The van der Waals surface area contributed by atoms with Crippen molar-refractivity contribution in [2.24, 2.45) is 0 Å². The summed E-state index contributed by atoms with van der Waals surface area (Å²) >= 11 is 3.16. The standard InChI is InChI=1S/C13H17BrN2O4/c1-4-15(8-13(2,3)18)12(17)9-5-10(14)7-11(6-9)16(19)20/h5-7,18H,4,8H2,1-3H3. The number of carbonyl (C=O) groups excluding carboxylic acids is 1. The van der Waals surface area contributed by atoms with Crippen LogP contribution in [0.1, 0.15) is 31.1 Å². The van der Waals surface area contributed by atoms with E-state index in [9.17, 15) is 20.0 Å². The number of nitro groups is 1. The molecule has 1 N–H and O–H groups in total. The third kappa shape index (κ3) is 4.57. The van der Waals surface area contributed by atoms with Crippen LogP contribution in [0.3, 0.4) is 0 Å². The van der Waals surface area contributed by atoms with Crippen LogP contribution in [0, 0.1) is 10.1 Å². The average molecular weight is 345 g/mol. The molecule has 1 aromatic rings. The maximum absolute atomic E-state index is 12.4. The van der Waals surface area contributed by atoms with Gasteiger partial charge in [-0.1, -0.05) is 15.9 Å². The molecular formula is C13H17BrN2O4. The van der Waals surface area contributed by atoms with Crippen LogP contribution in [-0.4, -0.2) is 39.5 Å². The van der Waals surface area contributed by atoms with E-state index >= 15 is 0 Å². The summed E-state index contributed by atoms with van der Waals surface area (Å²) in [4.78, 5) is 24.1. The minimum absolute atomic E-state index is 0.151. The lowest BCUT2D eigenvalue weighted by Gasteiger charge is -2.28. The Morgan fingerprint density at radius 2 is 2.05 bits per heavy atom. The van der Waals surface area contributed by atoms with E-state index < -0.39 is 10.5 Å². The zero-order chi connectivity index (χ0) is 15.5. The van der Waals surface area contributed by atoms with Crippen LogP contribution in [0.2, 0.25) is 0 Å². The van der Waals surface area contributed by atoms with Crippen LogP contribution in [0.15, 0.2) is 22.7 Å². The van der Waals surface area contributed by atoms with Gasteiger partial charge in [0.1, 0.15) is 0 Å². The van der Waals surface area contributed by atoms with Crippen molar-refractivity contribution < 1.29 is 14.8 Å². The third-order valence-electron chi connectivity index (χ3n) is 2.59. The molecule has 0 aliphatic carbocycles. The number of aliphatic hydroxyl groups is 1. The van der Waals surface area contributed by atoms with E-state index in [0.29, 0.717) is 11.0 Å². The Labute approximate surface area is 125 Å². The van der Waals surface area contributed by atoms with E-state index in [-0.39, 0.29) is 23.7 Å². The molecule has 0 spiro atoms. The van der Waals surface area contributed by atoms with Crippen molar-refractivity contribution in [1.29, 1.82) is 0 Å². The highest BCUT2D eigenvalue weighted by Crippen LogP contribution is 2.22. The van der Waals surface area contributed by atoms with Gasteiger partial charge in [-0.15, -0.1) is 0 Å². The maximum atomic E-state index is 12.4. The van der Waals surface area contributed by atoms with Crippen molar-refractivity contribution in [1.82, 2.24) is 4.90 Å². The number of benzene rings is 1. The van der Waals surface area contributed by atoms with Crippen molar-refractivity contribution in [3.8, 4) is 0 Å². The van der Waals surface area contributed by atoms with Gasteiger partial charge in [0.2, 0.25) is 0 Å². The Morgan fingerprint density at radius 1 is 1.45 bits per heavy atom. The second-order valence-corrected chi connectivity index (χ2v) is 6.00. The SMILES string of the molecule is CCN(CC(C)(C)O)C(=O)c1cc(Br)cc([N+](=O)[O-])c1. The summed E-state index contributed by atoms with van der Waals surface area (Å²) in [5.74, 6) is -0.348. The van der Waals surface area contributed by atoms with Crippen molar-refractivity contribution in [3.63, 3.8) is 0 Å². The number of rotatable bonds is 5. The number of halogens is 1. The van der Waals surface area contributed by atoms with Crippen molar-refractivity contribution >= 4 is 27.5 Å². The fraction of sp³-hybridized carbons (Fsp3) is 0.462. The molecule has 0 heterocycles. The summed E-state index contributed by atoms with van der Waals surface area (Å²) in [5, 5.41) is 20.6. The fourth-order valence-corrected chi connectivity index (χ4v) is 2.26. The topological polar surface area (TPSA) is 83.7 Å². The van der Waals surface area contributed by atoms with E-state index in [4.69, 9.17) is 0 Å². The maximum Gasteiger partial charge on any atom is 0.271 e. The molecule has 0 aliphatic heterocycles. The van der Waals surface area contributed by atoms with E-state index in [0.717, 1.165) is 0 Å². The van der Waals surface area contributed by atoms with Crippen LogP contribution in [0.25, 0.3) is 0 Å². The first-order valence-corrected chi connectivity index (χ1v) is 6.90. The Balaban J connectivity index is 3.09. The minimum atomic E-state index is -1.02. The van der Waals surface area contributed by atoms with Gasteiger partial charge >= 0.3 is 0 Å². The molecule has 0 aromatic heterocycles. The van der Waals surface area contributed by atoms with E-state index in [1.165, 1.54) is 23.1 Å². The lowest BCUT2D eigenvalue weighted by atomic mass is 10.1. The number of carbonyl (C=O) groups is 1. The quantitative estimate of drug-likeness (QED) is 0.657. The normalized spacial score (nSPS) is 11.2. The second-order valence-electron chi connectivity index (χ2n) is 5.09. The molecule has 20 heavy (non-hydrogen) atoms. The van der Waals surface area contributed by atoms with Gasteiger partial charge in [0.05, 0.1) is 10.5 Å². The molecule has 0 fully saturated rings. The Hall–Kier alpha value is -1.47. The first-order valence-electron chi connectivity index (χ1n) is 6.10. The zero-order valence-electron chi connectivity index (χ0n) is 11.6. The number of non-ortho nitro benzene ring substituents is 1. The summed E-state index contributed by atoms with van der Waals surface area (Å²) in [6.07, 6.45) is 0. The van der Waals surface area contributed by atoms with Gasteiger partial charge < -0.3 is 10.0 Å². The van der Waals surface area contributed by atoms with Gasteiger partial charge in [-0.3, -0.25) is 14.9 Å². The average Bonchev–Trinajstić information content (AvgIpc) is 2.33. The fourth-order valence-electron chi connectivity index (χ4n) is 1.78. The molecule has 0 radical (unpaired) electrons. The van der Waals surface area contributed by atoms with Gasteiger partial charge in [-0.2, -0.15) is 0 Å². The highest BCUT2D eigenvalue weighted by atomic mass is 79.9. The largest absolute Gasteiger partial charge is 0.389 e. The van der Waals surface area contributed by atoms with Crippen LogP contribution in [0.5, 0.6) is 0 Å². The smallest absolute Gasteiger partial charge is 0.271 e. The molecule has 6 nitrogen and oxygen atoms in total.